The Balaban J connectivity index is 2.10. The molecule has 0 atom stereocenters. The molecule has 0 aliphatic carbocycles. The van der Waals surface area contributed by atoms with Gasteiger partial charge in [0.15, 0.2) is 0 Å². The highest BCUT2D eigenvalue weighted by Crippen LogP contribution is 2.32. The van der Waals surface area contributed by atoms with Crippen molar-refractivity contribution in [3.8, 4) is 23.0 Å². The van der Waals surface area contributed by atoms with Gasteiger partial charge in [0.25, 0.3) is 0 Å². The van der Waals surface area contributed by atoms with Crippen LogP contribution in [0.1, 0.15) is 6.42 Å². The van der Waals surface area contributed by atoms with Crippen LogP contribution in [-0.2, 0) is 9.59 Å². The second-order valence-corrected chi connectivity index (χ2v) is 5.31. The van der Waals surface area contributed by atoms with Crippen molar-refractivity contribution >= 4 is 23.3 Å². The van der Waals surface area contributed by atoms with Gasteiger partial charge in [-0.3, -0.25) is 29.8 Å². The van der Waals surface area contributed by atoms with Crippen LogP contribution in [-0.4, -0.2) is 36.0 Å². The second kappa shape index (κ2) is 9.12. The van der Waals surface area contributed by atoms with Gasteiger partial charge in [0.05, 0.1) is 36.2 Å². The van der Waals surface area contributed by atoms with Crippen molar-refractivity contribution in [1.29, 1.82) is 0 Å². The summed E-state index contributed by atoms with van der Waals surface area (Å²) in [5.74, 6) is -2.77. The van der Waals surface area contributed by atoms with Gasteiger partial charge in [-0.2, -0.15) is 0 Å². The molecule has 0 spiro atoms. The number of hydrogen-bond acceptors (Lipinski definition) is 10. The third-order valence-corrected chi connectivity index (χ3v) is 3.46. The molecule has 12 heteroatoms. The summed E-state index contributed by atoms with van der Waals surface area (Å²) in [6, 6.07) is 7.01. The molecule has 2 aromatic carbocycles. The summed E-state index contributed by atoms with van der Waals surface area (Å²) < 4.78 is 19.4. The molecule has 0 saturated heterocycles. The zero-order valence-electron chi connectivity index (χ0n) is 15.1. The number of methoxy groups -OCH3 is 2. The Labute approximate surface area is 162 Å². The standard InChI is InChI=1S/C17H14N2O10/c1-26-10-3-5-14(12(7-10)18(22)23)28-16(20)9-17(21)29-15-6-4-11(27-2)8-13(15)19(24)25/h3-8H,9H2,1-2H3. The van der Waals surface area contributed by atoms with E-state index < -0.39 is 51.1 Å². The third kappa shape index (κ3) is 5.38. The molecule has 0 bridgehead atoms. The molecule has 0 radical (unpaired) electrons. The highest BCUT2D eigenvalue weighted by molar-refractivity contribution is 5.93. The molecule has 0 N–H and O–H groups in total. The summed E-state index contributed by atoms with van der Waals surface area (Å²) >= 11 is 0. The molecular formula is C17H14N2O10. The van der Waals surface area contributed by atoms with Crippen LogP contribution in [0.5, 0.6) is 23.0 Å². The van der Waals surface area contributed by atoms with E-state index in [2.05, 4.69) is 0 Å². The van der Waals surface area contributed by atoms with Gasteiger partial charge in [-0.05, 0) is 24.3 Å². The Morgan fingerprint density at radius 3 is 1.48 bits per heavy atom. The van der Waals surface area contributed by atoms with Crippen LogP contribution in [0.4, 0.5) is 11.4 Å². The molecule has 2 aromatic rings. The van der Waals surface area contributed by atoms with Crippen LogP contribution in [0.2, 0.25) is 0 Å². The zero-order valence-corrected chi connectivity index (χ0v) is 15.1. The predicted octanol–water partition coefficient (Wildman–Crippen LogP) is 2.42. The quantitative estimate of drug-likeness (QED) is 0.209. The summed E-state index contributed by atoms with van der Waals surface area (Å²) in [5.41, 5.74) is -1.09. The molecule has 0 saturated carbocycles. The molecule has 0 fully saturated rings. The van der Waals surface area contributed by atoms with Gasteiger partial charge in [0.2, 0.25) is 11.5 Å². The molecule has 0 aliphatic heterocycles. The molecule has 0 unspecified atom stereocenters. The van der Waals surface area contributed by atoms with Crippen molar-refractivity contribution in [2.75, 3.05) is 14.2 Å². The number of esters is 2. The Morgan fingerprint density at radius 2 is 1.17 bits per heavy atom. The minimum absolute atomic E-state index is 0.169. The Bertz CT molecular complexity index is 895. The van der Waals surface area contributed by atoms with Gasteiger partial charge in [-0.1, -0.05) is 0 Å². The average Bonchev–Trinajstić information content (AvgIpc) is 2.67. The van der Waals surface area contributed by atoms with Crippen LogP contribution in [0.3, 0.4) is 0 Å². The van der Waals surface area contributed by atoms with E-state index in [1.807, 2.05) is 0 Å². The van der Waals surface area contributed by atoms with Crippen molar-refractivity contribution in [2.24, 2.45) is 0 Å². The van der Waals surface area contributed by atoms with Gasteiger partial charge in [-0.25, -0.2) is 0 Å². The normalized spacial score (nSPS) is 10.0. The molecule has 12 nitrogen and oxygen atoms in total. The predicted molar refractivity (Wildman–Crippen MR) is 95.2 cm³/mol. The van der Waals surface area contributed by atoms with Crippen LogP contribution < -0.4 is 18.9 Å². The highest BCUT2D eigenvalue weighted by Gasteiger charge is 2.24. The number of carbonyl (C=O) groups excluding carboxylic acids is 2. The minimum Gasteiger partial charge on any atom is -0.496 e. The van der Waals surface area contributed by atoms with E-state index in [4.69, 9.17) is 18.9 Å². The Morgan fingerprint density at radius 1 is 0.793 bits per heavy atom. The topological polar surface area (TPSA) is 157 Å². The second-order valence-electron chi connectivity index (χ2n) is 5.31. The lowest BCUT2D eigenvalue weighted by Crippen LogP contribution is -2.19. The van der Waals surface area contributed by atoms with Crippen LogP contribution >= 0.6 is 0 Å². The lowest BCUT2D eigenvalue weighted by Gasteiger charge is -2.08. The van der Waals surface area contributed by atoms with Crippen LogP contribution in [0, 0.1) is 20.2 Å². The van der Waals surface area contributed by atoms with Crippen molar-refractivity contribution in [3.63, 3.8) is 0 Å². The molecule has 0 heterocycles. The minimum atomic E-state index is -1.15. The van der Waals surface area contributed by atoms with E-state index in [1.165, 1.54) is 26.4 Å². The summed E-state index contributed by atoms with van der Waals surface area (Å²) in [4.78, 5) is 44.4. The van der Waals surface area contributed by atoms with E-state index in [1.54, 1.807) is 0 Å². The fourth-order valence-corrected chi connectivity index (χ4v) is 2.14. The molecule has 0 aromatic heterocycles. The van der Waals surface area contributed by atoms with Gasteiger partial charge in [0.1, 0.15) is 17.9 Å². The third-order valence-electron chi connectivity index (χ3n) is 3.46. The first-order valence-electron chi connectivity index (χ1n) is 7.81. The smallest absolute Gasteiger partial charge is 0.322 e. The molecular weight excluding hydrogens is 392 g/mol. The maximum Gasteiger partial charge on any atom is 0.322 e. The SMILES string of the molecule is COc1ccc(OC(=O)CC(=O)Oc2ccc(OC)cc2[N+](=O)[O-])c([N+](=O)[O-])c1. The van der Waals surface area contributed by atoms with Crippen molar-refractivity contribution in [2.45, 2.75) is 6.42 Å². The molecule has 152 valence electrons. The van der Waals surface area contributed by atoms with E-state index in [0.717, 1.165) is 24.3 Å². The number of nitro groups is 2. The fourth-order valence-electron chi connectivity index (χ4n) is 2.14. The van der Waals surface area contributed by atoms with Crippen LogP contribution in [0.15, 0.2) is 36.4 Å². The van der Waals surface area contributed by atoms with Gasteiger partial charge in [-0.15, -0.1) is 0 Å². The molecule has 29 heavy (non-hydrogen) atoms. The number of hydrogen-bond donors (Lipinski definition) is 0. The van der Waals surface area contributed by atoms with Gasteiger partial charge < -0.3 is 18.9 Å². The largest absolute Gasteiger partial charge is 0.496 e. The summed E-state index contributed by atoms with van der Waals surface area (Å²) in [5, 5.41) is 22.2. The Hall–Kier alpha value is -4.22. The fraction of sp³-hybridized carbons (Fsp3) is 0.176. The van der Waals surface area contributed by atoms with E-state index in [9.17, 15) is 29.8 Å². The lowest BCUT2D eigenvalue weighted by atomic mass is 10.2. The first-order chi connectivity index (χ1) is 13.7. The highest BCUT2D eigenvalue weighted by atomic mass is 16.6. The van der Waals surface area contributed by atoms with E-state index >= 15 is 0 Å². The van der Waals surface area contributed by atoms with Crippen molar-refractivity contribution in [3.05, 3.63) is 56.6 Å². The first kappa shape index (κ1) is 21.1. The van der Waals surface area contributed by atoms with E-state index in [-0.39, 0.29) is 11.5 Å². The summed E-state index contributed by atoms with van der Waals surface area (Å²) in [6.07, 6.45) is -0.938. The maximum atomic E-state index is 11.9. The number of benzene rings is 2. The molecule has 0 amide bonds. The van der Waals surface area contributed by atoms with Gasteiger partial charge >= 0.3 is 23.3 Å². The lowest BCUT2D eigenvalue weighted by molar-refractivity contribution is -0.385. The van der Waals surface area contributed by atoms with Crippen LogP contribution in [0.25, 0.3) is 0 Å². The van der Waals surface area contributed by atoms with Gasteiger partial charge in [0, 0.05) is 0 Å². The van der Waals surface area contributed by atoms with E-state index in [0.29, 0.717) is 0 Å². The monoisotopic (exact) mass is 406 g/mol. The zero-order chi connectivity index (χ0) is 21.6. The molecule has 0 aliphatic rings. The Kier molecular flexibility index (Phi) is 6.63. The maximum absolute atomic E-state index is 11.9. The summed E-state index contributed by atoms with van der Waals surface area (Å²) in [6.45, 7) is 0. The number of nitro benzene ring substituents is 2. The first-order valence-corrected chi connectivity index (χ1v) is 7.81. The molecule has 2 rings (SSSR count). The number of carbonyl (C=O) groups is 2. The average molecular weight is 406 g/mol. The number of rotatable bonds is 8. The number of nitrogens with zero attached hydrogens (tertiary/aromatic N) is 2. The van der Waals surface area contributed by atoms with Crippen molar-refractivity contribution < 1.29 is 38.4 Å². The van der Waals surface area contributed by atoms with Crippen molar-refractivity contribution in [1.82, 2.24) is 0 Å². The summed E-state index contributed by atoms with van der Waals surface area (Å²) in [7, 11) is 2.61. The number of ether oxygens (including phenoxy) is 4.